The molecule has 7 aromatic rings. The van der Waals surface area contributed by atoms with E-state index < -0.39 is 0 Å². The van der Waals surface area contributed by atoms with Gasteiger partial charge in [0, 0.05) is 46.0 Å². The van der Waals surface area contributed by atoms with E-state index in [4.69, 9.17) is 9.72 Å². The Kier molecular flexibility index (Phi) is 5.38. The lowest BCUT2D eigenvalue weighted by Crippen LogP contribution is -2.13. The first-order chi connectivity index (χ1) is 20.3. The molecule has 41 heavy (non-hydrogen) atoms. The second kappa shape index (κ2) is 9.50. The molecular weight excluding hydrogens is 504 g/mol. The van der Waals surface area contributed by atoms with Crippen molar-refractivity contribution < 1.29 is 4.74 Å². The Morgan fingerprint density at radius 2 is 1.39 bits per heavy atom. The number of rotatable bonds is 4. The van der Waals surface area contributed by atoms with Gasteiger partial charge in [-0.25, -0.2) is 9.97 Å². The van der Waals surface area contributed by atoms with Crippen LogP contribution in [0.3, 0.4) is 0 Å². The van der Waals surface area contributed by atoms with Gasteiger partial charge in [-0.3, -0.25) is 4.90 Å². The van der Waals surface area contributed by atoms with Crippen LogP contribution in [0.1, 0.15) is 11.1 Å². The van der Waals surface area contributed by atoms with Crippen LogP contribution >= 0.6 is 0 Å². The quantitative estimate of drug-likeness (QED) is 0.247. The first kappa shape index (κ1) is 23.2. The van der Waals surface area contributed by atoms with Gasteiger partial charge < -0.3 is 9.72 Å². The van der Waals surface area contributed by atoms with Crippen LogP contribution < -0.4 is 9.64 Å². The number of hydrogen-bond donors (Lipinski definition) is 1. The van der Waals surface area contributed by atoms with Crippen molar-refractivity contribution in [2.75, 3.05) is 4.90 Å². The molecule has 4 aromatic carbocycles. The van der Waals surface area contributed by atoms with Crippen molar-refractivity contribution in [3.63, 3.8) is 0 Å². The molecular formula is C36H24N4O. The number of para-hydroxylation sites is 3. The summed E-state index contributed by atoms with van der Waals surface area (Å²) in [5, 5.41) is 2.25. The minimum absolute atomic E-state index is 0.563. The minimum atomic E-state index is 0.563. The number of aromatic amines is 1. The zero-order valence-corrected chi connectivity index (χ0v) is 22.0. The smallest absolute Gasteiger partial charge is 0.219 e. The van der Waals surface area contributed by atoms with Crippen LogP contribution in [0, 0.1) is 0 Å². The number of benzene rings is 4. The predicted molar refractivity (Wildman–Crippen MR) is 167 cm³/mol. The lowest BCUT2D eigenvalue weighted by Gasteiger charge is -2.26. The third kappa shape index (κ3) is 3.95. The fourth-order valence-electron chi connectivity index (χ4n) is 5.69. The molecule has 0 saturated heterocycles. The van der Waals surface area contributed by atoms with Crippen molar-refractivity contribution in [3.05, 3.63) is 139 Å². The van der Waals surface area contributed by atoms with E-state index in [0.29, 0.717) is 5.88 Å². The lowest BCUT2D eigenvalue weighted by molar-refractivity contribution is 0.467. The fourth-order valence-corrected chi connectivity index (χ4v) is 5.69. The Balaban J connectivity index is 1.28. The maximum Gasteiger partial charge on any atom is 0.219 e. The number of fused-ring (bicyclic) bond motifs is 5. The number of nitrogens with zero attached hydrogens (tertiary/aromatic N) is 3. The third-order valence-corrected chi connectivity index (χ3v) is 7.55. The van der Waals surface area contributed by atoms with Crippen LogP contribution in [0.25, 0.3) is 45.1 Å². The number of aromatic nitrogens is 3. The highest BCUT2D eigenvalue weighted by Gasteiger charge is 2.21. The van der Waals surface area contributed by atoms with Gasteiger partial charge in [0.2, 0.25) is 5.88 Å². The number of H-pyrrole nitrogens is 1. The summed E-state index contributed by atoms with van der Waals surface area (Å²) >= 11 is 0. The van der Waals surface area contributed by atoms with Gasteiger partial charge in [0.05, 0.1) is 16.7 Å². The van der Waals surface area contributed by atoms with E-state index in [1.807, 2.05) is 42.6 Å². The summed E-state index contributed by atoms with van der Waals surface area (Å²) in [6.07, 6.45) is 7.89. The first-order valence-corrected chi connectivity index (χ1v) is 13.6. The van der Waals surface area contributed by atoms with E-state index in [0.717, 1.165) is 67.0 Å². The molecule has 1 N–H and O–H groups in total. The Bertz CT molecular complexity index is 2050. The summed E-state index contributed by atoms with van der Waals surface area (Å²) in [5.41, 5.74) is 8.60. The van der Waals surface area contributed by atoms with E-state index >= 15 is 0 Å². The normalized spacial score (nSPS) is 12.2. The molecule has 0 saturated carbocycles. The average molecular weight is 529 g/mol. The van der Waals surface area contributed by atoms with Crippen LogP contribution in [-0.4, -0.2) is 15.0 Å². The Hall–Kier alpha value is -5.68. The van der Waals surface area contributed by atoms with Crippen molar-refractivity contribution >= 4 is 51.2 Å². The van der Waals surface area contributed by atoms with Crippen molar-refractivity contribution in [3.8, 4) is 22.8 Å². The minimum Gasteiger partial charge on any atom is -0.437 e. The topological polar surface area (TPSA) is 54.0 Å². The number of ether oxygens (including phenoxy) is 1. The summed E-state index contributed by atoms with van der Waals surface area (Å²) in [7, 11) is 0. The molecule has 8 rings (SSSR count). The van der Waals surface area contributed by atoms with E-state index in [2.05, 4.69) is 106 Å². The molecule has 194 valence electrons. The molecule has 0 fully saturated rings. The van der Waals surface area contributed by atoms with Crippen molar-refractivity contribution in [2.24, 2.45) is 0 Å². The lowest BCUT2D eigenvalue weighted by atomic mass is 10.0. The fraction of sp³-hybridized carbons (Fsp3) is 0. The largest absolute Gasteiger partial charge is 0.437 e. The SMILES string of the molecule is C1=Cc2cccnc2N(c2cccc(-c3cccc4c3[nH]c3c(Oc5ccccn5)cccc34)c2)c2ccccc21. The summed E-state index contributed by atoms with van der Waals surface area (Å²) in [6.45, 7) is 0. The summed E-state index contributed by atoms with van der Waals surface area (Å²) < 4.78 is 6.18. The van der Waals surface area contributed by atoms with Gasteiger partial charge in [-0.1, -0.05) is 78.9 Å². The molecule has 1 aliphatic heterocycles. The van der Waals surface area contributed by atoms with Gasteiger partial charge in [-0.15, -0.1) is 0 Å². The average Bonchev–Trinajstić information content (AvgIpc) is 3.33. The van der Waals surface area contributed by atoms with E-state index in [1.54, 1.807) is 6.20 Å². The summed E-state index contributed by atoms with van der Waals surface area (Å²) in [4.78, 5) is 15.1. The molecule has 0 spiro atoms. The third-order valence-electron chi connectivity index (χ3n) is 7.55. The number of pyridine rings is 2. The van der Waals surface area contributed by atoms with Crippen LogP contribution in [0.4, 0.5) is 17.2 Å². The van der Waals surface area contributed by atoms with Crippen molar-refractivity contribution in [2.45, 2.75) is 0 Å². The van der Waals surface area contributed by atoms with Crippen LogP contribution in [0.2, 0.25) is 0 Å². The van der Waals surface area contributed by atoms with Crippen LogP contribution in [0.15, 0.2) is 128 Å². The molecule has 0 unspecified atom stereocenters. The highest BCUT2D eigenvalue weighted by Crippen LogP contribution is 2.43. The second-order valence-corrected chi connectivity index (χ2v) is 10.00. The summed E-state index contributed by atoms with van der Waals surface area (Å²) in [6, 6.07) is 39.4. The Morgan fingerprint density at radius 1 is 0.610 bits per heavy atom. The second-order valence-electron chi connectivity index (χ2n) is 10.00. The number of anilines is 3. The van der Waals surface area contributed by atoms with Gasteiger partial charge in [-0.05, 0) is 53.6 Å². The van der Waals surface area contributed by atoms with Gasteiger partial charge in [0.1, 0.15) is 5.82 Å². The molecule has 0 radical (unpaired) electrons. The molecule has 5 heteroatoms. The molecule has 0 bridgehead atoms. The van der Waals surface area contributed by atoms with Gasteiger partial charge in [-0.2, -0.15) is 0 Å². The Morgan fingerprint density at radius 3 is 2.32 bits per heavy atom. The predicted octanol–water partition coefficient (Wildman–Crippen LogP) is 9.52. The molecule has 5 nitrogen and oxygen atoms in total. The monoisotopic (exact) mass is 528 g/mol. The zero-order chi connectivity index (χ0) is 27.2. The number of nitrogens with one attached hydrogen (secondary N) is 1. The molecule has 0 aliphatic carbocycles. The zero-order valence-electron chi connectivity index (χ0n) is 22.0. The van der Waals surface area contributed by atoms with E-state index in [1.165, 1.54) is 0 Å². The molecule has 0 atom stereocenters. The van der Waals surface area contributed by atoms with Crippen LogP contribution in [-0.2, 0) is 0 Å². The summed E-state index contributed by atoms with van der Waals surface area (Å²) in [5.74, 6) is 2.21. The molecule has 0 amide bonds. The van der Waals surface area contributed by atoms with Crippen molar-refractivity contribution in [1.29, 1.82) is 0 Å². The van der Waals surface area contributed by atoms with E-state index in [9.17, 15) is 0 Å². The highest BCUT2D eigenvalue weighted by atomic mass is 16.5. The molecule has 1 aliphatic rings. The molecule has 4 heterocycles. The van der Waals surface area contributed by atoms with E-state index in [-0.39, 0.29) is 0 Å². The standard InChI is InChI=1S/C36H24N4O/c1-2-16-31-24(9-1)19-20-25-11-8-22-38-36(25)40(31)27-12-5-10-26(23-27)28-13-6-14-29-30-15-7-17-32(35(30)39-34(28)29)41-33-18-3-4-21-37-33/h1-23,39H. The van der Waals surface area contributed by atoms with Crippen LogP contribution in [0.5, 0.6) is 11.6 Å². The maximum absolute atomic E-state index is 6.18. The first-order valence-electron chi connectivity index (χ1n) is 13.6. The van der Waals surface area contributed by atoms with Gasteiger partial charge in [0.25, 0.3) is 0 Å². The molecule has 3 aromatic heterocycles. The van der Waals surface area contributed by atoms with Gasteiger partial charge in [0.15, 0.2) is 5.75 Å². The highest BCUT2D eigenvalue weighted by molar-refractivity contribution is 6.13. The van der Waals surface area contributed by atoms with Crippen molar-refractivity contribution in [1.82, 2.24) is 15.0 Å². The Labute approximate surface area is 237 Å². The van der Waals surface area contributed by atoms with Gasteiger partial charge >= 0.3 is 0 Å². The number of hydrogen-bond acceptors (Lipinski definition) is 4. The maximum atomic E-state index is 6.18.